The van der Waals surface area contributed by atoms with Crippen LogP contribution in [0.3, 0.4) is 0 Å². The lowest BCUT2D eigenvalue weighted by Crippen LogP contribution is -2.25. The highest BCUT2D eigenvalue weighted by Crippen LogP contribution is 2.30. The minimum atomic E-state index is -0.213. The molecule has 0 bridgehead atoms. The number of benzene rings is 1. The van der Waals surface area contributed by atoms with E-state index in [4.69, 9.17) is 5.26 Å². The van der Waals surface area contributed by atoms with E-state index in [-0.39, 0.29) is 11.7 Å². The van der Waals surface area contributed by atoms with E-state index in [1.807, 2.05) is 25.1 Å². The van der Waals surface area contributed by atoms with Crippen molar-refractivity contribution in [2.75, 3.05) is 0 Å². The number of nitrogens with zero attached hydrogens (tertiary/aromatic N) is 2. The molecule has 2 rings (SSSR count). The van der Waals surface area contributed by atoms with Gasteiger partial charge in [-0.3, -0.25) is 9.79 Å². The first-order valence-corrected chi connectivity index (χ1v) is 5.29. The highest BCUT2D eigenvalue weighted by Gasteiger charge is 2.28. The van der Waals surface area contributed by atoms with Crippen LogP contribution >= 0.6 is 0 Å². The van der Waals surface area contributed by atoms with Crippen LogP contribution in [0.2, 0.25) is 0 Å². The van der Waals surface area contributed by atoms with Crippen molar-refractivity contribution in [3.63, 3.8) is 0 Å². The molecule has 3 nitrogen and oxygen atoms in total. The number of aliphatic imine (C=N–C) groups is 1. The molecular formula is C13H12N2O. The van der Waals surface area contributed by atoms with Gasteiger partial charge in [-0.15, -0.1) is 0 Å². The zero-order valence-electron chi connectivity index (χ0n) is 9.10. The first-order valence-electron chi connectivity index (χ1n) is 5.29. The van der Waals surface area contributed by atoms with E-state index in [0.717, 1.165) is 11.4 Å². The minimum absolute atomic E-state index is 0.0957. The van der Waals surface area contributed by atoms with Gasteiger partial charge < -0.3 is 0 Å². The predicted molar refractivity (Wildman–Crippen MR) is 61.9 cm³/mol. The molecule has 16 heavy (non-hydrogen) atoms. The molecule has 1 unspecified atom stereocenters. The summed E-state index contributed by atoms with van der Waals surface area (Å²) in [5.74, 6) is -0.118. The summed E-state index contributed by atoms with van der Waals surface area (Å²) in [4.78, 5) is 16.6. The third-order valence-corrected chi connectivity index (χ3v) is 2.83. The number of Topliss-reactive ketones (excluding diaryl/α,β-unsaturated/α-hetero) is 1. The summed E-state index contributed by atoms with van der Waals surface area (Å²) in [6, 6.07) is 9.43. The second-order valence-electron chi connectivity index (χ2n) is 3.88. The number of carbonyl (C=O) groups excluding carboxylic acids is 1. The van der Waals surface area contributed by atoms with Crippen molar-refractivity contribution in [2.45, 2.75) is 19.8 Å². The second-order valence-corrected chi connectivity index (χ2v) is 3.88. The lowest BCUT2D eigenvalue weighted by atomic mass is 9.87. The van der Waals surface area contributed by atoms with Gasteiger partial charge in [-0.05, 0) is 25.5 Å². The number of fused-ring (bicyclic) bond motifs is 1. The Morgan fingerprint density at radius 3 is 2.94 bits per heavy atom. The first-order chi connectivity index (χ1) is 7.74. The van der Waals surface area contributed by atoms with Gasteiger partial charge in [-0.25, -0.2) is 0 Å². The van der Waals surface area contributed by atoms with Crippen LogP contribution in [0.25, 0.3) is 0 Å². The summed E-state index contributed by atoms with van der Waals surface area (Å²) in [6.45, 7) is 1.86. The molecule has 0 N–H and O–H groups in total. The smallest absolute Gasteiger partial charge is 0.173 e. The van der Waals surface area contributed by atoms with Gasteiger partial charge in [-0.1, -0.05) is 12.1 Å². The molecule has 1 aromatic rings. The van der Waals surface area contributed by atoms with Gasteiger partial charge in [0.2, 0.25) is 0 Å². The lowest BCUT2D eigenvalue weighted by Gasteiger charge is -2.20. The van der Waals surface area contributed by atoms with Crippen LogP contribution in [0.4, 0.5) is 5.69 Å². The van der Waals surface area contributed by atoms with Crippen molar-refractivity contribution in [1.82, 2.24) is 0 Å². The number of nitriles is 1. The van der Waals surface area contributed by atoms with Gasteiger partial charge in [-0.2, -0.15) is 5.26 Å². The van der Waals surface area contributed by atoms with Gasteiger partial charge in [0.25, 0.3) is 0 Å². The van der Waals surface area contributed by atoms with Crippen molar-refractivity contribution in [1.29, 1.82) is 5.26 Å². The summed E-state index contributed by atoms with van der Waals surface area (Å²) in [7, 11) is 0. The average molecular weight is 212 g/mol. The third-order valence-electron chi connectivity index (χ3n) is 2.83. The minimum Gasteiger partial charge on any atom is -0.293 e. The van der Waals surface area contributed by atoms with Gasteiger partial charge in [0, 0.05) is 17.7 Å². The topological polar surface area (TPSA) is 53.2 Å². The molecule has 1 aliphatic rings. The molecule has 0 saturated heterocycles. The summed E-state index contributed by atoms with van der Waals surface area (Å²) >= 11 is 0. The summed E-state index contributed by atoms with van der Waals surface area (Å²) in [5, 5.41) is 8.56. The molecule has 0 aromatic heterocycles. The second kappa shape index (κ2) is 4.28. The number of hydrogen-bond acceptors (Lipinski definition) is 3. The van der Waals surface area contributed by atoms with E-state index in [2.05, 4.69) is 11.1 Å². The van der Waals surface area contributed by atoms with Crippen LogP contribution in [0.5, 0.6) is 0 Å². The van der Waals surface area contributed by atoms with Crippen molar-refractivity contribution in [2.24, 2.45) is 10.9 Å². The largest absolute Gasteiger partial charge is 0.293 e. The van der Waals surface area contributed by atoms with E-state index in [1.165, 1.54) is 0 Å². The van der Waals surface area contributed by atoms with Gasteiger partial charge in [0.05, 0.1) is 17.7 Å². The van der Waals surface area contributed by atoms with Gasteiger partial charge in [0.15, 0.2) is 5.78 Å². The van der Waals surface area contributed by atoms with Crippen molar-refractivity contribution >= 4 is 17.2 Å². The molecule has 80 valence electrons. The molecule has 1 heterocycles. The Kier molecular flexibility index (Phi) is 2.82. The summed E-state index contributed by atoms with van der Waals surface area (Å²) in [5.41, 5.74) is 2.24. The average Bonchev–Trinajstić information content (AvgIpc) is 2.29. The zero-order chi connectivity index (χ0) is 11.5. The monoisotopic (exact) mass is 212 g/mol. The molecule has 1 aliphatic heterocycles. The van der Waals surface area contributed by atoms with Crippen LogP contribution in [0.15, 0.2) is 29.3 Å². The maximum atomic E-state index is 12.1. The van der Waals surface area contributed by atoms with E-state index in [9.17, 15) is 4.79 Å². The highest BCUT2D eigenvalue weighted by atomic mass is 16.1. The number of rotatable bonds is 2. The number of para-hydroxylation sites is 1. The molecular weight excluding hydrogens is 200 g/mol. The SMILES string of the molecule is CC1=Nc2ccccc2C(=O)C1CCC#N. The fourth-order valence-corrected chi connectivity index (χ4v) is 1.97. The van der Waals surface area contributed by atoms with Crippen LogP contribution in [-0.2, 0) is 0 Å². The van der Waals surface area contributed by atoms with Gasteiger partial charge in [0.1, 0.15) is 0 Å². The first kappa shape index (κ1) is 10.6. The Morgan fingerprint density at radius 1 is 1.44 bits per heavy atom. The quantitative estimate of drug-likeness (QED) is 0.756. The molecule has 0 spiro atoms. The van der Waals surface area contributed by atoms with Crippen LogP contribution < -0.4 is 0 Å². The van der Waals surface area contributed by atoms with Gasteiger partial charge >= 0.3 is 0 Å². The normalized spacial score (nSPS) is 18.6. The number of carbonyl (C=O) groups is 1. The fourth-order valence-electron chi connectivity index (χ4n) is 1.97. The highest BCUT2D eigenvalue weighted by molar-refractivity contribution is 6.17. The summed E-state index contributed by atoms with van der Waals surface area (Å²) in [6.07, 6.45) is 0.963. The molecule has 0 saturated carbocycles. The Hall–Kier alpha value is -1.95. The molecule has 0 fully saturated rings. The zero-order valence-corrected chi connectivity index (χ0v) is 9.10. The van der Waals surface area contributed by atoms with E-state index in [1.54, 1.807) is 6.07 Å². The Labute approximate surface area is 94.4 Å². The molecule has 0 radical (unpaired) electrons. The van der Waals surface area contributed by atoms with Crippen LogP contribution in [0.1, 0.15) is 30.1 Å². The maximum Gasteiger partial charge on any atom is 0.173 e. The lowest BCUT2D eigenvalue weighted by molar-refractivity contribution is 0.0949. The molecule has 3 heteroatoms. The molecule has 0 aliphatic carbocycles. The van der Waals surface area contributed by atoms with E-state index >= 15 is 0 Å². The number of hydrogen-bond donors (Lipinski definition) is 0. The van der Waals surface area contributed by atoms with Crippen LogP contribution in [-0.4, -0.2) is 11.5 Å². The molecule has 1 atom stereocenters. The van der Waals surface area contributed by atoms with Crippen molar-refractivity contribution < 1.29 is 4.79 Å². The maximum absolute atomic E-state index is 12.1. The Morgan fingerprint density at radius 2 is 2.19 bits per heavy atom. The predicted octanol–water partition coefficient (Wildman–Crippen LogP) is 2.90. The molecule has 1 aromatic carbocycles. The Bertz CT molecular complexity index is 497. The standard InChI is InChI=1S/C13H12N2O/c1-9-10(6-4-8-14)13(16)11-5-2-3-7-12(11)15-9/h2-3,5,7,10H,4,6H2,1H3. The van der Waals surface area contributed by atoms with Crippen molar-refractivity contribution in [3.8, 4) is 6.07 Å². The van der Waals surface area contributed by atoms with E-state index < -0.39 is 0 Å². The summed E-state index contributed by atoms with van der Waals surface area (Å²) < 4.78 is 0. The number of ketones is 1. The molecule has 0 amide bonds. The fraction of sp³-hybridized carbons (Fsp3) is 0.308. The van der Waals surface area contributed by atoms with Crippen LogP contribution in [0, 0.1) is 17.2 Å². The third kappa shape index (κ3) is 1.74. The van der Waals surface area contributed by atoms with E-state index in [0.29, 0.717) is 18.4 Å². The Balaban J connectivity index is 2.36. The van der Waals surface area contributed by atoms with Crippen molar-refractivity contribution in [3.05, 3.63) is 29.8 Å².